The maximum atomic E-state index is 13.6. The number of hydrogen-bond acceptors (Lipinski definition) is 7. The van der Waals surface area contributed by atoms with E-state index in [0.717, 1.165) is 89.9 Å². The third-order valence-electron chi connectivity index (χ3n) is 13.7. The van der Waals surface area contributed by atoms with E-state index >= 15 is 0 Å². The van der Waals surface area contributed by atoms with E-state index in [1.54, 1.807) is 0 Å². The Kier molecular flexibility index (Phi) is 54.9. The lowest BCUT2D eigenvalue weighted by Gasteiger charge is -2.30. The van der Waals surface area contributed by atoms with Crippen molar-refractivity contribution in [2.24, 2.45) is 0 Å². The van der Waals surface area contributed by atoms with E-state index in [-0.39, 0.29) is 18.9 Å². The number of unbranched alkanes of at least 4 members (excludes halogenated alkanes) is 27. The van der Waals surface area contributed by atoms with Crippen molar-refractivity contribution < 1.29 is 37.3 Å². The first kappa shape index (κ1) is 74.9. The zero-order chi connectivity index (χ0) is 57.2. The molecule has 0 rings (SSSR count). The zero-order valence-corrected chi connectivity index (χ0v) is 52.2. The smallest absolute Gasteiger partial charge is 0.306 e. The first-order chi connectivity index (χ1) is 37.9. The second-order valence-corrected chi connectivity index (χ2v) is 23.9. The molecule has 0 aromatic rings. The van der Waals surface area contributed by atoms with Crippen molar-refractivity contribution in [2.45, 2.75) is 283 Å². The molecule has 0 radical (unpaired) electrons. The summed E-state index contributed by atoms with van der Waals surface area (Å²) in [5.74, 6) is -0.610. The molecule has 10 heteroatoms. The van der Waals surface area contributed by atoms with E-state index in [4.69, 9.17) is 13.8 Å². The number of likely N-dealkylation sites (N-methyl/N-ethyl adjacent to an activating group) is 1. The van der Waals surface area contributed by atoms with E-state index in [0.29, 0.717) is 23.9 Å². The standard InChI is InChI=1S/C68H121N2O7P/c1-7-10-13-16-19-22-25-28-30-32-33-34-35-36-37-39-40-42-45-48-51-54-57-60-67(71)69-65(64-76-78(73,74)75-63-62-70(4,5)6)66(59-56-53-50-47-44-27-24-21-18-15-12-9-3)77-68(72)61-58-55-52-49-46-43-41-38-31-29-26-23-20-17-14-11-8-2/h11,14,19-20,22-23,28-31,41,43,49,52,56,59,65-66H,7-10,12-13,15-18,21,24-27,32-40,42,44-48,50-51,53-55,57-58,60-64H2,1-6H3,(H-,69,71,73,74)/b14-11-,22-19-,23-20-,30-28-,31-29-,43-41-,52-49-,59-56-. The van der Waals surface area contributed by atoms with Crippen LogP contribution in [0.3, 0.4) is 0 Å². The molecule has 3 unspecified atom stereocenters. The highest BCUT2D eigenvalue weighted by Gasteiger charge is 2.27. The summed E-state index contributed by atoms with van der Waals surface area (Å²) in [5, 5.41) is 3.02. The molecule has 0 spiro atoms. The second-order valence-electron chi connectivity index (χ2n) is 22.5. The summed E-state index contributed by atoms with van der Waals surface area (Å²) in [6, 6.07) is -0.916. The van der Waals surface area contributed by atoms with Crippen molar-refractivity contribution in [2.75, 3.05) is 40.9 Å². The van der Waals surface area contributed by atoms with Gasteiger partial charge < -0.3 is 28.5 Å². The number of quaternary nitrogens is 1. The van der Waals surface area contributed by atoms with Gasteiger partial charge in [0, 0.05) is 12.8 Å². The Morgan fingerprint density at radius 3 is 1.28 bits per heavy atom. The molecule has 0 saturated carbocycles. The largest absolute Gasteiger partial charge is 0.756 e. The molecule has 1 amide bonds. The van der Waals surface area contributed by atoms with Crippen LogP contribution >= 0.6 is 7.82 Å². The monoisotopic (exact) mass is 1110 g/mol. The van der Waals surface area contributed by atoms with Gasteiger partial charge in [0.1, 0.15) is 19.3 Å². The Bertz CT molecular complexity index is 1660. The van der Waals surface area contributed by atoms with Gasteiger partial charge >= 0.3 is 5.97 Å². The van der Waals surface area contributed by atoms with Gasteiger partial charge in [-0.15, -0.1) is 0 Å². The summed E-state index contributed by atoms with van der Waals surface area (Å²) < 4.78 is 30.3. The minimum absolute atomic E-state index is 0.0348. The number of nitrogens with zero attached hydrogens (tertiary/aromatic N) is 1. The molecule has 0 aliphatic carbocycles. The van der Waals surface area contributed by atoms with Crippen LogP contribution in [0.4, 0.5) is 0 Å². The maximum absolute atomic E-state index is 13.6. The number of esters is 1. The Labute approximate surface area is 481 Å². The molecule has 0 saturated heterocycles. The maximum Gasteiger partial charge on any atom is 0.306 e. The van der Waals surface area contributed by atoms with Crippen molar-refractivity contribution in [3.63, 3.8) is 0 Å². The normalized spacial score (nSPS) is 14.3. The van der Waals surface area contributed by atoms with Gasteiger partial charge in [0.05, 0.1) is 33.8 Å². The highest BCUT2D eigenvalue weighted by Crippen LogP contribution is 2.38. The first-order valence-electron chi connectivity index (χ1n) is 32.0. The number of allylic oxidation sites excluding steroid dienone is 15. The molecular weight excluding hydrogens is 988 g/mol. The van der Waals surface area contributed by atoms with Crippen LogP contribution in [0.5, 0.6) is 0 Å². The van der Waals surface area contributed by atoms with Crippen LogP contribution in [-0.2, 0) is 27.9 Å². The van der Waals surface area contributed by atoms with Crippen LogP contribution in [0.2, 0.25) is 0 Å². The van der Waals surface area contributed by atoms with Crippen LogP contribution in [0.25, 0.3) is 0 Å². The molecule has 0 bridgehead atoms. The number of nitrogens with one attached hydrogen (secondary N) is 1. The summed E-state index contributed by atoms with van der Waals surface area (Å²) in [6.45, 7) is 6.67. The molecule has 1 N–H and O–H groups in total. The number of rotatable bonds is 57. The fourth-order valence-corrected chi connectivity index (χ4v) is 9.55. The quantitative estimate of drug-likeness (QED) is 0.0212. The molecule has 0 aliphatic heterocycles. The third kappa shape index (κ3) is 57.6. The number of phosphoric acid groups is 1. The first-order valence-corrected chi connectivity index (χ1v) is 33.5. The number of hydrogen-bond donors (Lipinski definition) is 1. The molecule has 0 fully saturated rings. The van der Waals surface area contributed by atoms with Gasteiger partial charge in [-0.05, 0) is 102 Å². The van der Waals surface area contributed by atoms with Gasteiger partial charge in [0.2, 0.25) is 5.91 Å². The van der Waals surface area contributed by atoms with Crippen molar-refractivity contribution in [3.8, 4) is 0 Å². The van der Waals surface area contributed by atoms with E-state index in [1.165, 1.54) is 141 Å². The van der Waals surface area contributed by atoms with Gasteiger partial charge in [-0.2, -0.15) is 0 Å². The summed E-state index contributed by atoms with van der Waals surface area (Å²) in [6.07, 6.45) is 76.7. The number of carbonyl (C=O) groups is 2. The predicted octanol–water partition coefficient (Wildman–Crippen LogP) is 19.3. The Hall–Kier alpha value is -3.07. The minimum Gasteiger partial charge on any atom is -0.756 e. The summed E-state index contributed by atoms with van der Waals surface area (Å²) >= 11 is 0. The number of amides is 1. The van der Waals surface area contributed by atoms with Gasteiger partial charge in [-0.25, -0.2) is 0 Å². The predicted molar refractivity (Wildman–Crippen MR) is 334 cm³/mol. The van der Waals surface area contributed by atoms with Gasteiger partial charge in [0.15, 0.2) is 0 Å². The molecule has 0 heterocycles. The van der Waals surface area contributed by atoms with Crippen LogP contribution in [0.1, 0.15) is 271 Å². The highest BCUT2D eigenvalue weighted by atomic mass is 31.2. The van der Waals surface area contributed by atoms with E-state index in [2.05, 4.69) is 111 Å². The molecule has 3 atom stereocenters. The van der Waals surface area contributed by atoms with E-state index < -0.39 is 32.5 Å². The topological polar surface area (TPSA) is 114 Å². The molecule has 0 aromatic carbocycles. The Morgan fingerprint density at radius 2 is 0.833 bits per heavy atom. The average molecular weight is 1110 g/mol. The summed E-state index contributed by atoms with van der Waals surface area (Å²) in [5.41, 5.74) is 0. The fraction of sp³-hybridized carbons (Fsp3) is 0.735. The molecule has 0 aromatic heterocycles. The molecule has 9 nitrogen and oxygen atoms in total. The van der Waals surface area contributed by atoms with Gasteiger partial charge in [-0.3, -0.25) is 14.2 Å². The van der Waals surface area contributed by atoms with Crippen LogP contribution < -0.4 is 10.2 Å². The van der Waals surface area contributed by atoms with Crippen LogP contribution in [-0.4, -0.2) is 69.4 Å². The molecule has 0 aliphatic rings. The van der Waals surface area contributed by atoms with Gasteiger partial charge in [-0.1, -0.05) is 253 Å². The molecular formula is C68H121N2O7P. The van der Waals surface area contributed by atoms with Crippen molar-refractivity contribution in [1.82, 2.24) is 5.32 Å². The van der Waals surface area contributed by atoms with Crippen LogP contribution in [0.15, 0.2) is 97.2 Å². The van der Waals surface area contributed by atoms with E-state index in [9.17, 15) is 19.0 Å². The minimum atomic E-state index is -4.72. The van der Waals surface area contributed by atoms with E-state index in [1.807, 2.05) is 33.3 Å². The number of ether oxygens (including phenoxy) is 1. The number of phosphoric ester groups is 1. The third-order valence-corrected chi connectivity index (χ3v) is 14.7. The lowest BCUT2D eigenvalue weighted by molar-refractivity contribution is -0.870. The highest BCUT2D eigenvalue weighted by molar-refractivity contribution is 7.45. The zero-order valence-electron chi connectivity index (χ0n) is 51.3. The Morgan fingerprint density at radius 1 is 0.462 bits per heavy atom. The summed E-state index contributed by atoms with van der Waals surface area (Å²) in [4.78, 5) is 40.0. The Balaban J connectivity index is 5.24. The fourth-order valence-electron chi connectivity index (χ4n) is 8.82. The lowest BCUT2D eigenvalue weighted by atomic mass is 10.0. The average Bonchev–Trinajstić information content (AvgIpc) is 3.40. The van der Waals surface area contributed by atoms with Crippen molar-refractivity contribution in [1.29, 1.82) is 0 Å². The number of carbonyl (C=O) groups excluding carboxylic acids is 2. The van der Waals surface area contributed by atoms with Crippen molar-refractivity contribution in [3.05, 3.63) is 97.2 Å². The van der Waals surface area contributed by atoms with Crippen LogP contribution in [0, 0.1) is 0 Å². The second kappa shape index (κ2) is 57.2. The lowest BCUT2D eigenvalue weighted by Crippen LogP contribution is -2.47. The SMILES string of the molecule is CC/C=C\C/C=C\C/C=C\C/C=C\C/C=C\CCCC(=O)OC(/C=C\CCCCCCCCCCCC)C(COP(=O)([O-])OCC[N+](C)(C)C)NC(=O)CCCCCCCCCCCCCCC/C=C\C/C=C\CCCCC. The van der Waals surface area contributed by atoms with Gasteiger partial charge in [0.25, 0.3) is 7.82 Å². The van der Waals surface area contributed by atoms with Crippen molar-refractivity contribution >= 4 is 19.7 Å². The molecule has 450 valence electrons. The summed E-state index contributed by atoms with van der Waals surface area (Å²) in [7, 11) is 1.15. The molecule has 78 heavy (non-hydrogen) atoms.